The van der Waals surface area contributed by atoms with Crippen molar-refractivity contribution in [3.05, 3.63) is 6.42 Å². The van der Waals surface area contributed by atoms with Gasteiger partial charge >= 0.3 is 0 Å². The molecule has 1 aliphatic carbocycles. The van der Waals surface area contributed by atoms with Crippen LogP contribution in [0.1, 0.15) is 19.3 Å². The molecule has 69 valence electrons. The summed E-state index contributed by atoms with van der Waals surface area (Å²) in [4.78, 5) is 2.46. The van der Waals surface area contributed by atoms with Crippen molar-refractivity contribution in [3.63, 3.8) is 0 Å². The first kappa shape index (κ1) is 9.11. The fraction of sp³-hybridized carbons (Fsp3) is 0.889. The zero-order chi connectivity index (χ0) is 8.55. The van der Waals surface area contributed by atoms with Crippen LogP contribution >= 0.6 is 23.2 Å². The Morgan fingerprint density at radius 3 is 2.33 bits per heavy atom. The summed E-state index contributed by atoms with van der Waals surface area (Å²) in [6.45, 7) is 2.40. The summed E-state index contributed by atoms with van der Waals surface area (Å²) in [6, 6.07) is 0.441. The minimum absolute atomic E-state index is 0.129. The first-order valence-corrected chi connectivity index (χ1v) is 5.52. The highest BCUT2D eigenvalue weighted by molar-refractivity contribution is 6.31. The lowest BCUT2D eigenvalue weighted by Gasteiger charge is -2.26. The van der Waals surface area contributed by atoms with Crippen LogP contribution in [0.4, 0.5) is 0 Å². The van der Waals surface area contributed by atoms with E-state index < -0.39 is 0 Å². The van der Waals surface area contributed by atoms with Gasteiger partial charge in [0.2, 0.25) is 0 Å². The van der Waals surface area contributed by atoms with E-state index >= 15 is 0 Å². The molecule has 3 heteroatoms. The van der Waals surface area contributed by atoms with Gasteiger partial charge in [0, 0.05) is 6.04 Å². The Bertz CT molecular complexity index is 157. The zero-order valence-corrected chi connectivity index (χ0v) is 8.56. The molecule has 0 amide bonds. The Hall–Kier alpha value is 0.540. The Labute approximate surface area is 84.0 Å². The van der Waals surface area contributed by atoms with Crippen LogP contribution < -0.4 is 0 Å². The first-order chi connectivity index (χ1) is 5.79. The van der Waals surface area contributed by atoms with Crippen molar-refractivity contribution in [1.29, 1.82) is 0 Å². The van der Waals surface area contributed by atoms with E-state index in [0.29, 0.717) is 6.04 Å². The SMILES string of the molecule is ClC1C[CH]C(N2CCCC2)C1Cl. The maximum Gasteiger partial charge on any atom is 0.0657 e. The zero-order valence-electron chi connectivity index (χ0n) is 7.05. The Balaban J connectivity index is 1.95. The summed E-state index contributed by atoms with van der Waals surface area (Å²) in [5, 5.41) is 0.280. The highest BCUT2D eigenvalue weighted by Gasteiger charge is 2.37. The summed E-state index contributed by atoms with van der Waals surface area (Å²) in [5.41, 5.74) is 0. The van der Waals surface area contributed by atoms with Crippen LogP contribution in [0.15, 0.2) is 0 Å². The Kier molecular flexibility index (Phi) is 2.83. The second-order valence-electron chi connectivity index (χ2n) is 3.67. The van der Waals surface area contributed by atoms with Gasteiger partial charge in [-0.2, -0.15) is 0 Å². The topological polar surface area (TPSA) is 3.24 Å². The Morgan fingerprint density at radius 2 is 1.83 bits per heavy atom. The molecule has 0 spiro atoms. The largest absolute Gasteiger partial charge is 0.299 e. The predicted octanol–water partition coefficient (Wildman–Crippen LogP) is 2.27. The maximum absolute atomic E-state index is 6.20. The van der Waals surface area contributed by atoms with Crippen molar-refractivity contribution in [2.24, 2.45) is 0 Å². The lowest BCUT2D eigenvalue weighted by atomic mass is 10.2. The molecule has 1 saturated carbocycles. The monoisotopic (exact) mass is 206 g/mol. The van der Waals surface area contributed by atoms with E-state index in [-0.39, 0.29) is 10.8 Å². The molecule has 12 heavy (non-hydrogen) atoms. The van der Waals surface area contributed by atoms with Crippen molar-refractivity contribution >= 4 is 23.2 Å². The van der Waals surface area contributed by atoms with Gasteiger partial charge < -0.3 is 0 Å². The quantitative estimate of drug-likeness (QED) is 0.596. The second kappa shape index (κ2) is 3.73. The molecule has 1 nitrogen and oxygen atoms in total. The highest BCUT2D eigenvalue weighted by atomic mass is 35.5. The van der Waals surface area contributed by atoms with Crippen LogP contribution in [0, 0.1) is 6.42 Å². The molecular formula is C9H14Cl2N. The number of rotatable bonds is 1. The average Bonchev–Trinajstić information content (AvgIpc) is 2.64. The van der Waals surface area contributed by atoms with Crippen LogP contribution in [-0.4, -0.2) is 34.8 Å². The van der Waals surface area contributed by atoms with E-state index in [9.17, 15) is 0 Å². The fourth-order valence-corrected chi connectivity index (χ4v) is 2.75. The molecule has 0 aromatic heterocycles. The van der Waals surface area contributed by atoms with Crippen molar-refractivity contribution in [3.8, 4) is 0 Å². The van der Waals surface area contributed by atoms with Gasteiger partial charge in [-0.05, 0) is 38.8 Å². The van der Waals surface area contributed by atoms with E-state index in [0.717, 1.165) is 6.42 Å². The van der Waals surface area contributed by atoms with Crippen LogP contribution in [-0.2, 0) is 0 Å². The number of alkyl halides is 2. The summed E-state index contributed by atoms with van der Waals surface area (Å²) in [7, 11) is 0. The number of hydrogen-bond acceptors (Lipinski definition) is 1. The number of likely N-dealkylation sites (tertiary alicyclic amines) is 1. The van der Waals surface area contributed by atoms with Crippen LogP contribution in [0.3, 0.4) is 0 Å². The van der Waals surface area contributed by atoms with Gasteiger partial charge in [0.25, 0.3) is 0 Å². The molecule has 1 heterocycles. The van der Waals surface area contributed by atoms with Gasteiger partial charge in [0.05, 0.1) is 10.8 Å². The third-order valence-electron chi connectivity index (χ3n) is 2.84. The molecule has 2 fully saturated rings. The molecule has 0 aromatic carbocycles. The third kappa shape index (κ3) is 1.59. The Morgan fingerprint density at radius 1 is 1.17 bits per heavy atom. The molecule has 1 saturated heterocycles. The van der Waals surface area contributed by atoms with E-state index in [4.69, 9.17) is 23.2 Å². The summed E-state index contributed by atoms with van der Waals surface area (Å²) in [5.74, 6) is 0. The van der Waals surface area contributed by atoms with Crippen LogP contribution in [0.5, 0.6) is 0 Å². The molecule has 0 aromatic rings. The van der Waals surface area contributed by atoms with Crippen molar-refractivity contribution in [2.75, 3.05) is 13.1 Å². The fourth-order valence-electron chi connectivity index (χ4n) is 2.13. The standard InChI is InChI=1S/C9H14Cl2N/c10-7-3-4-8(9(7)11)12-5-1-2-6-12/h4,7-9H,1-3,5-6H2. The molecule has 2 aliphatic rings. The second-order valence-corrected chi connectivity index (χ2v) is 4.73. The number of halogens is 2. The molecule has 2 rings (SSSR count). The molecular weight excluding hydrogens is 193 g/mol. The minimum atomic E-state index is 0.129. The molecule has 3 atom stereocenters. The van der Waals surface area contributed by atoms with E-state index in [1.165, 1.54) is 25.9 Å². The van der Waals surface area contributed by atoms with E-state index in [1.54, 1.807) is 0 Å². The number of nitrogens with zero attached hydrogens (tertiary/aromatic N) is 1. The molecule has 0 N–H and O–H groups in total. The summed E-state index contributed by atoms with van der Waals surface area (Å²) < 4.78 is 0. The molecule has 0 bridgehead atoms. The van der Waals surface area contributed by atoms with Gasteiger partial charge in [-0.15, -0.1) is 23.2 Å². The van der Waals surface area contributed by atoms with Gasteiger partial charge in [-0.3, -0.25) is 4.90 Å². The van der Waals surface area contributed by atoms with Crippen molar-refractivity contribution < 1.29 is 0 Å². The minimum Gasteiger partial charge on any atom is -0.299 e. The summed E-state index contributed by atoms with van der Waals surface area (Å²) in [6.07, 6.45) is 5.89. The van der Waals surface area contributed by atoms with Gasteiger partial charge in [0.1, 0.15) is 0 Å². The maximum atomic E-state index is 6.20. The van der Waals surface area contributed by atoms with Gasteiger partial charge in [-0.1, -0.05) is 0 Å². The lowest BCUT2D eigenvalue weighted by Crippen LogP contribution is -2.38. The molecule has 1 aliphatic heterocycles. The van der Waals surface area contributed by atoms with E-state index in [1.807, 2.05) is 0 Å². The summed E-state index contributed by atoms with van der Waals surface area (Å²) >= 11 is 12.2. The molecule has 3 unspecified atom stereocenters. The normalized spacial score (nSPS) is 44.0. The van der Waals surface area contributed by atoms with Gasteiger partial charge in [0.15, 0.2) is 0 Å². The van der Waals surface area contributed by atoms with Gasteiger partial charge in [-0.25, -0.2) is 0 Å². The lowest BCUT2D eigenvalue weighted by molar-refractivity contribution is 0.278. The molecule has 1 radical (unpaired) electrons. The van der Waals surface area contributed by atoms with Crippen LogP contribution in [0.25, 0.3) is 0 Å². The van der Waals surface area contributed by atoms with E-state index in [2.05, 4.69) is 11.3 Å². The van der Waals surface area contributed by atoms with Crippen LogP contribution in [0.2, 0.25) is 0 Å². The van der Waals surface area contributed by atoms with Crippen molar-refractivity contribution in [1.82, 2.24) is 4.90 Å². The highest BCUT2D eigenvalue weighted by Crippen LogP contribution is 2.33. The average molecular weight is 207 g/mol. The predicted molar refractivity (Wildman–Crippen MR) is 52.8 cm³/mol. The first-order valence-electron chi connectivity index (χ1n) is 4.64. The smallest absolute Gasteiger partial charge is 0.0657 e. The third-order valence-corrected chi connectivity index (χ3v) is 3.98. The van der Waals surface area contributed by atoms with Crippen molar-refractivity contribution in [2.45, 2.75) is 36.1 Å². The number of hydrogen-bond donors (Lipinski definition) is 0.